The summed E-state index contributed by atoms with van der Waals surface area (Å²) >= 11 is 0. The maximum Gasteiger partial charge on any atom is 0.144 e. The number of hydrogen-bond donors (Lipinski definition) is 1. The Kier molecular flexibility index (Phi) is 2.00. The van der Waals surface area contributed by atoms with Crippen molar-refractivity contribution in [2.75, 3.05) is 0 Å². The van der Waals surface area contributed by atoms with Crippen molar-refractivity contribution in [2.45, 2.75) is 13.0 Å². The van der Waals surface area contributed by atoms with Crippen LogP contribution in [0, 0.1) is 11.6 Å². The Labute approximate surface area is 79.3 Å². The number of halogens is 2. The lowest BCUT2D eigenvalue weighted by molar-refractivity contribution is 0.551. The molecule has 74 valence electrons. The first-order valence-electron chi connectivity index (χ1n) is 4.22. The Morgan fingerprint density at radius 1 is 1.36 bits per heavy atom. The van der Waals surface area contributed by atoms with Crippen LogP contribution in [-0.2, 0) is 0 Å². The molecule has 2 N–H and O–H groups in total. The first-order valence-corrected chi connectivity index (χ1v) is 4.22. The van der Waals surface area contributed by atoms with E-state index in [4.69, 9.17) is 10.2 Å². The van der Waals surface area contributed by atoms with Crippen molar-refractivity contribution in [1.29, 1.82) is 0 Å². The molecule has 2 aromatic rings. The summed E-state index contributed by atoms with van der Waals surface area (Å²) in [5, 5.41) is 0.263. The standard InChI is InChI=1S/C10H9F2NO/c1-5(13)9-8(12)4-7(11)6-2-3-14-10(6)9/h2-5H,13H2,1H3. The third kappa shape index (κ3) is 1.19. The lowest BCUT2D eigenvalue weighted by atomic mass is 10.1. The molecule has 0 aliphatic carbocycles. The summed E-state index contributed by atoms with van der Waals surface area (Å²) in [5.74, 6) is -1.30. The van der Waals surface area contributed by atoms with Crippen LogP contribution in [0.2, 0.25) is 0 Å². The van der Waals surface area contributed by atoms with Crippen LogP contribution < -0.4 is 5.73 Å². The second kappa shape index (κ2) is 3.06. The molecule has 0 amide bonds. The highest BCUT2D eigenvalue weighted by molar-refractivity contribution is 5.81. The molecule has 0 bridgehead atoms. The average molecular weight is 197 g/mol. The maximum atomic E-state index is 13.3. The van der Waals surface area contributed by atoms with E-state index in [-0.39, 0.29) is 16.5 Å². The second-order valence-electron chi connectivity index (χ2n) is 3.21. The predicted molar refractivity (Wildman–Crippen MR) is 48.7 cm³/mol. The molecule has 2 nitrogen and oxygen atoms in total. The fourth-order valence-electron chi connectivity index (χ4n) is 1.51. The van der Waals surface area contributed by atoms with E-state index in [9.17, 15) is 8.78 Å². The molecule has 0 aliphatic heterocycles. The van der Waals surface area contributed by atoms with E-state index in [0.29, 0.717) is 0 Å². The van der Waals surface area contributed by atoms with Crippen molar-refractivity contribution in [1.82, 2.24) is 0 Å². The highest BCUT2D eigenvalue weighted by atomic mass is 19.1. The van der Waals surface area contributed by atoms with Gasteiger partial charge in [0.2, 0.25) is 0 Å². The molecule has 1 unspecified atom stereocenters. The Morgan fingerprint density at radius 2 is 2.07 bits per heavy atom. The molecule has 2 rings (SSSR count). The van der Waals surface area contributed by atoms with Gasteiger partial charge in [-0.05, 0) is 13.0 Å². The summed E-state index contributed by atoms with van der Waals surface area (Å²) in [6, 6.07) is 1.76. The zero-order valence-electron chi connectivity index (χ0n) is 7.55. The lowest BCUT2D eigenvalue weighted by Crippen LogP contribution is -2.08. The normalized spacial score (nSPS) is 13.4. The second-order valence-corrected chi connectivity index (χ2v) is 3.21. The molecule has 4 heteroatoms. The molecule has 0 aliphatic rings. The Hall–Kier alpha value is -1.42. The molecular weight excluding hydrogens is 188 g/mol. The monoisotopic (exact) mass is 197 g/mol. The van der Waals surface area contributed by atoms with Gasteiger partial charge in [-0.3, -0.25) is 0 Å². The number of benzene rings is 1. The third-order valence-corrected chi connectivity index (χ3v) is 2.13. The van der Waals surface area contributed by atoms with Gasteiger partial charge in [-0.15, -0.1) is 0 Å². The summed E-state index contributed by atoms with van der Waals surface area (Å²) in [7, 11) is 0. The van der Waals surface area contributed by atoms with Gasteiger partial charge >= 0.3 is 0 Å². The van der Waals surface area contributed by atoms with Crippen LogP contribution in [0.25, 0.3) is 11.0 Å². The van der Waals surface area contributed by atoms with Gasteiger partial charge in [-0.1, -0.05) is 0 Å². The van der Waals surface area contributed by atoms with Crippen molar-refractivity contribution in [2.24, 2.45) is 5.73 Å². The van der Waals surface area contributed by atoms with Crippen LogP contribution >= 0.6 is 0 Å². The SMILES string of the molecule is CC(N)c1c(F)cc(F)c2ccoc12. The lowest BCUT2D eigenvalue weighted by Gasteiger charge is -2.07. The van der Waals surface area contributed by atoms with Crippen LogP contribution in [0.5, 0.6) is 0 Å². The largest absolute Gasteiger partial charge is 0.464 e. The molecule has 0 radical (unpaired) electrons. The first kappa shape index (κ1) is 9.15. The van der Waals surface area contributed by atoms with Gasteiger partial charge in [0, 0.05) is 17.7 Å². The third-order valence-electron chi connectivity index (χ3n) is 2.13. The van der Waals surface area contributed by atoms with Crippen molar-refractivity contribution in [3.8, 4) is 0 Å². The topological polar surface area (TPSA) is 39.2 Å². The fourth-order valence-corrected chi connectivity index (χ4v) is 1.51. The van der Waals surface area contributed by atoms with Gasteiger partial charge in [-0.2, -0.15) is 0 Å². The van der Waals surface area contributed by atoms with Gasteiger partial charge < -0.3 is 10.2 Å². The zero-order valence-corrected chi connectivity index (χ0v) is 7.55. The molecule has 1 aromatic heterocycles. The molecule has 1 atom stereocenters. The minimum absolute atomic E-state index is 0.192. The quantitative estimate of drug-likeness (QED) is 0.763. The van der Waals surface area contributed by atoms with Crippen molar-refractivity contribution >= 4 is 11.0 Å². The van der Waals surface area contributed by atoms with Gasteiger partial charge in [0.15, 0.2) is 0 Å². The Morgan fingerprint density at radius 3 is 2.71 bits per heavy atom. The van der Waals surface area contributed by atoms with E-state index in [2.05, 4.69) is 0 Å². The highest BCUT2D eigenvalue weighted by Crippen LogP contribution is 2.28. The summed E-state index contributed by atoms with van der Waals surface area (Å²) in [4.78, 5) is 0. The minimum Gasteiger partial charge on any atom is -0.464 e. The average Bonchev–Trinajstić information content (AvgIpc) is 2.51. The number of furan rings is 1. The van der Waals surface area contributed by atoms with Gasteiger partial charge in [0.1, 0.15) is 17.2 Å². The zero-order chi connectivity index (χ0) is 10.3. The smallest absolute Gasteiger partial charge is 0.144 e. The fraction of sp³-hybridized carbons (Fsp3) is 0.200. The summed E-state index contributed by atoms with van der Waals surface area (Å²) in [6.45, 7) is 1.62. The first-order chi connectivity index (χ1) is 6.61. The van der Waals surface area contributed by atoms with Crippen LogP contribution in [0.3, 0.4) is 0 Å². The molecular formula is C10H9F2NO. The number of rotatable bonds is 1. The molecule has 1 aromatic carbocycles. The highest BCUT2D eigenvalue weighted by Gasteiger charge is 2.17. The van der Waals surface area contributed by atoms with E-state index in [1.54, 1.807) is 6.92 Å². The van der Waals surface area contributed by atoms with Gasteiger partial charge in [0.25, 0.3) is 0 Å². The molecule has 0 saturated heterocycles. The maximum absolute atomic E-state index is 13.3. The Bertz CT molecular complexity index is 476. The van der Waals surface area contributed by atoms with E-state index < -0.39 is 17.7 Å². The molecule has 14 heavy (non-hydrogen) atoms. The predicted octanol–water partition coefficient (Wildman–Crippen LogP) is 2.73. The van der Waals surface area contributed by atoms with Gasteiger partial charge in [0.05, 0.1) is 11.6 Å². The minimum atomic E-state index is -0.667. The number of hydrogen-bond acceptors (Lipinski definition) is 2. The number of nitrogens with two attached hydrogens (primary N) is 1. The summed E-state index contributed by atoms with van der Waals surface area (Å²) < 4.78 is 31.5. The number of fused-ring (bicyclic) bond motifs is 1. The summed E-state index contributed by atoms with van der Waals surface area (Å²) in [6.07, 6.45) is 1.32. The summed E-state index contributed by atoms with van der Waals surface area (Å²) in [5.41, 5.74) is 5.97. The molecule has 1 heterocycles. The van der Waals surface area contributed by atoms with Crippen LogP contribution in [-0.4, -0.2) is 0 Å². The van der Waals surface area contributed by atoms with Crippen molar-refractivity contribution in [3.63, 3.8) is 0 Å². The Balaban J connectivity index is 2.86. The van der Waals surface area contributed by atoms with E-state index in [1.807, 2.05) is 0 Å². The van der Waals surface area contributed by atoms with Crippen LogP contribution in [0.1, 0.15) is 18.5 Å². The van der Waals surface area contributed by atoms with E-state index in [1.165, 1.54) is 12.3 Å². The van der Waals surface area contributed by atoms with Crippen LogP contribution in [0.4, 0.5) is 8.78 Å². The molecule has 0 saturated carbocycles. The van der Waals surface area contributed by atoms with E-state index >= 15 is 0 Å². The van der Waals surface area contributed by atoms with Crippen LogP contribution in [0.15, 0.2) is 22.8 Å². The molecule has 0 fully saturated rings. The molecule has 0 spiro atoms. The van der Waals surface area contributed by atoms with E-state index in [0.717, 1.165) is 6.07 Å². The van der Waals surface area contributed by atoms with Gasteiger partial charge in [-0.25, -0.2) is 8.78 Å². The van der Waals surface area contributed by atoms with Crippen molar-refractivity contribution < 1.29 is 13.2 Å². The van der Waals surface area contributed by atoms with Crippen molar-refractivity contribution in [3.05, 3.63) is 35.6 Å².